The molecule has 0 aliphatic heterocycles. The molecule has 0 fully saturated rings. The summed E-state index contributed by atoms with van der Waals surface area (Å²) in [5.41, 5.74) is 7.10. The molecule has 0 radical (unpaired) electrons. The number of amides is 1. The third kappa shape index (κ3) is 4.00. The first kappa shape index (κ1) is 14.4. The number of hydrogen-bond donors (Lipinski definition) is 1. The van der Waals surface area contributed by atoms with E-state index in [0.29, 0.717) is 31.1 Å². The number of carbonyl (C=O) groups is 1. The van der Waals surface area contributed by atoms with Crippen LogP contribution in [0.2, 0.25) is 0 Å². The zero-order valence-electron chi connectivity index (χ0n) is 11.3. The molecule has 5 heteroatoms. The van der Waals surface area contributed by atoms with Crippen molar-refractivity contribution in [2.45, 2.75) is 20.3 Å². The first-order valence-corrected chi connectivity index (χ1v) is 6.18. The molecule has 2 N–H and O–H groups in total. The van der Waals surface area contributed by atoms with Crippen molar-refractivity contribution in [3.05, 3.63) is 23.4 Å². The van der Waals surface area contributed by atoms with E-state index in [4.69, 9.17) is 10.5 Å². The number of nitrogens with two attached hydrogens (primary N) is 1. The Bertz CT molecular complexity index is 407. The van der Waals surface area contributed by atoms with Gasteiger partial charge in [0.15, 0.2) is 0 Å². The maximum absolute atomic E-state index is 12.1. The van der Waals surface area contributed by atoms with Gasteiger partial charge >= 0.3 is 0 Å². The van der Waals surface area contributed by atoms with Crippen LogP contribution < -0.4 is 5.73 Å². The monoisotopic (exact) mass is 251 g/mol. The van der Waals surface area contributed by atoms with Crippen LogP contribution in [0, 0.1) is 0 Å². The average molecular weight is 251 g/mol. The fourth-order valence-electron chi connectivity index (χ4n) is 1.58. The summed E-state index contributed by atoms with van der Waals surface area (Å²) in [6, 6.07) is 3.40. The van der Waals surface area contributed by atoms with E-state index in [9.17, 15) is 4.79 Å². The Balaban J connectivity index is 2.73. The molecule has 1 rings (SSSR count). The van der Waals surface area contributed by atoms with Gasteiger partial charge in [0.05, 0.1) is 6.61 Å². The van der Waals surface area contributed by atoms with E-state index in [1.807, 2.05) is 13.8 Å². The van der Waals surface area contributed by atoms with Gasteiger partial charge in [-0.05, 0) is 25.5 Å². The van der Waals surface area contributed by atoms with Crippen LogP contribution in [0.25, 0.3) is 0 Å². The number of likely N-dealkylation sites (N-methyl/N-ethyl adjacent to an activating group) is 1. The highest BCUT2D eigenvalue weighted by molar-refractivity contribution is 5.94. The van der Waals surface area contributed by atoms with Crippen LogP contribution in [0.15, 0.2) is 12.1 Å². The van der Waals surface area contributed by atoms with Crippen LogP contribution in [0.1, 0.15) is 29.9 Å². The summed E-state index contributed by atoms with van der Waals surface area (Å²) in [4.78, 5) is 17.9. The molecule has 18 heavy (non-hydrogen) atoms. The van der Waals surface area contributed by atoms with Crippen LogP contribution in [0.4, 0.5) is 5.82 Å². The standard InChI is InChI=1S/C13H21N3O2/c1-4-11-8-10(9-12(14)15-11)13(17)16(3)6-7-18-5-2/h8-9H,4-7H2,1-3H3,(H2,14,15). The predicted molar refractivity (Wildman–Crippen MR) is 71.5 cm³/mol. The lowest BCUT2D eigenvalue weighted by atomic mass is 10.1. The second-order valence-electron chi connectivity index (χ2n) is 4.05. The lowest BCUT2D eigenvalue weighted by Gasteiger charge is -2.17. The number of ether oxygens (including phenoxy) is 1. The number of hydrogen-bond acceptors (Lipinski definition) is 4. The molecule has 0 saturated carbocycles. The van der Waals surface area contributed by atoms with Crippen molar-refractivity contribution in [3.63, 3.8) is 0 Å². The van der Waals surface area contributed by atoms with E-state index in [0.717, 1.165) is 12.1 Å². The quantitative estimate of drug-likeness (QED) is 0.775. The minimum atomic E-state index is -0.0569. The summed E-state index contributed by atoms with van der Waals surface area (Å²) in [6.07, 6.45) is 0.758. The molecule has 0 bridgehead atoms. The van der Waals surface area contributed by atoms with Gasteiger partial charge in [-0.25, -0.2) is 4.98 Å². The van der Waals surface area contributed by atoms with Gasteiger partial charge in [-0.15, -0.1) is 0 Å². The molecule has 1 amide bonds. The Morgan fingerprint density at radius 1 is 1.44 bits per heavy atom. The Morgan fingerprint density at radius 3 is 2.78 bits per heavy atom. The normalized spacial score (nSPS) is 10.4. The summed E-state index contributed by atoms with van der Waals surface area (Å²) in [6.45, 7) is 5.67. The molecule has 0 spiro atoms. The Morgan fingerprint density at radius 2 is 2.17 bits per heavy atom. The van der Waals surface area contributed by atoms with Gasteiger partial charge in [0.25, 0.3) is 5.91 Å². The molecule has 5 nitrogen and oxygen atoms in total. The molecular weight excluding hydrogens is 230 g/mol. The molecular formula is C13H21N3O2. The first-order chi connectivity index (χ1) is 8.58. The minimum absolute atomic E-state index is 0.0569. The molecule has 0 saturated heterocycles. The number of nitrogens with zero attached hydrogens (tertiary/aromatic N) is 2. The molecule has 100 valence electrons. The van der Waals surface area contributed by atoms with Crippen molar-refractivity contribution in [2.24, 2.45) is 0 Å². The molecule has 1 aromatic heterocycles. The van der Waals surface area contributed by atoms with Crippen molar-refractivity contribution in [1.29, 1.82) is 0 Å². The molecule has 0 aliphatic rings. The topological polar surface area (TPSA) is 68.5 Å². The second kappa shape index (κ2) is 6.96. The van der Waals surface area contributed by atoms with Crippen molar-refractivity contribution in [2.75, 3.05) is 32.5 Å². The molecule has 1 heterocycles. The minimum Gasteiger partial charge on any atom is -0.384 e. The number of aromatic nitrogens is 1. The summed E-state index contributed by atoms with van der Waals surface area (Å²) < 4.78 is 5.23. The van der Waals surface area contributed by atoms with Crippen LogP contribution >= 0.6 is 0 Å². The van der Waals surface area contributed by atoms with Crippen molar-refractivity contribution >= 4 is 11.7 Å². The van der Waals surface area contributed by atoms with E-state index in [1.165, 1.54) is 0 Å². The summed E-state index contributed by atoms with van der Waals surface area (Å²) in [7, 11) is 1.75. The van der Waals surface area contributed by atoms with Gasteiger partial charge in [0.2, 0.25) is 0 Å². The second-order valence-corrected chi connectivity index (χ2v) is 4.05. The zero-order chi connectivity index (χ0) is 13.5. The van der Waals surface area contributed by atoms with Crippen molar-refractivity contribution < 1.29 is 9.53 Å². The fourth-order valence-corrected chi connectivity index (χ4v) is 1.58. The van der Waals surface area contributed by atoms with Crippen molar-refractivity contribution in [1.82, 2.24) is 9.88 Å². The van der Waals surface area contributed by atoms with Crippen LogP contribution in [0.3, 0.4) is 0 Å². The zero-order valence-corrected chi connectivity index (χ0v) is 11.3. The van der Waals surface area contributed by atoms with Gasteiger partial charge in [-0.2, -0.15) is 0 Å². The molecule has 0 unspecified atom stereocenters. The van der Waals surface area contributed by atoms with E-state index in [-0.39, 0.29) is 5.91 Å². The van der Waals surface area contributed by atoms with E-state index < -0.39 is 0 Å². The SMILES string of the molecule is CCOCCN(C)C(=O)c1cc(N)nc(CC)c1. The van der Waals surface area contributed by atoms with Crippen molar-refractivity contribution in [3.8, 4) is 0 Å². The van der Waals surface area contributed by atoms with Crippen LogP contribution in [-0.4, -0.2) is 42.6 Å². The fraction of sp³-hybridized carbons (Fsp3) is 0.538. The van der Waals surface area contributed by atoms with Crippen LogP contribution in [0.5, 0.6) is 0 Å². The van der Waals surface area contributed by atoms with Gasteiger partial charge in [0, 0.05) is 31.5 Å². The Kier molecular flexibility index (Phi) is 5.58. The molecule has 0 aromatic carbocycles. The van der Waals surface area contributed by atoms with Gasteiger partial charge < -0.3 is 15.4 Å². The number of pyridine rings is 1. The van der Waals surface area contributed by atoms with Gasteiger partial charge in [-0.3, -0.25) is 4.79 Å². The summed E-state index contributed by atoms with van der Waals surface area (Å²) in [5, 5.41) is 0. The van der Waals surface area contributed by atoms with Gasteiger partial charge in [0.1, 0.15) is 5.82 Å². The molecule has 0 aliphatic carbocycles. The first-order valence-electron chi connectivity index (χ1n) is 6.18. The highest BCUT2D eigenvalue weighted by atomic mass is 16.5. The maximum Gasteiger partial charge on any atom is 0.253 e. The Labute approximate surface area is 108 Å². The van der Waals surface area contributed by atoms with E-state index >= 15 is 0 Å². The van der Waals surface area contributed by atoms with E-state index in [2.05, 4.69) is 4.98 Å². The lowest BCUT2D eigenvalue weighted by Crippen LogP contribution is -2.30. The maximum atomic E-state index is 12.1. The molecule has 1 aromatic rings. The predicted octanol–water partition coefficient (Wildman–Crippen LogP) is 1.33. The lowest BCUT2D eigenvalue weighted by molar-refractivity contribution is 0.0710. The highest BCUT2D eigenvalue weighted by Gasteiger charge is 2.13. The van der Waals surface area contributed by atoms with Gasteiger partial charge in [-0.1, -0.05) is 6.92 Å². The largest absolute Gasteiger partial charge is 0.384 e. The third-order valence-electron chi connectivity index (χ3n) is 2.63. The smallest absolute Gasteiger partial charge is 0.253 e. The number of carbonyl (C=O) groups excluding carboxylic acids is 1. The van der Waals surface area contributed by atoms with E-state index in [1.54, 1.807) is 24.1 Å². The molecule has 0 atom stereocenters. The summed E-state index contributed by atoms with van der Waals surface area (Å²) in [5.74, 6) is 0.328. The number of anilines is 1. The number of aryl methyl sites for hydroxylation is 1. The summed E-state index contributed by atoms with van der Waals surface area (Å²) >= 11 is 0. The highest BCUT2D eigenvalue weighted by Crippen LogP contribution is 2.10. The number of nitrogen functional groups attached to an aromatic ring is 1. The Hall–Kier alpha value is -1.62. The number of rotatable bonds is 6. The average Bonchev–Trinajstić information content (AvgIpc) is 2.37. The third-order valence-corrected chi connectivity index (χ3v) is 2.63. The van der Waals surface area contributed by atoms with Crippen LogP contribution in [-0.2, 0) is 11.2 Å².